The molecule has 2 nitrogen and oxygen atoms in total. The fourth-order valence-electron chi connectivity index (χ4n) is 0.818. The van der Waals surface area contributed by atoms with E-state index in [0.717, 1.165) is 4.88 Å². The summed E-state index contributed by atoms with van der Waals surface area (Å²) < 4.78 is 0. The molecule has 0 saturated carbocycles. The SMILES string of the molecule is C[C@H](Cc1cccs1)C(=O)O. The zero-order chi connectivity index (χ0) is 8.27. The minimum atomic E-state index is -0.724. The fraction of sp³-hybridized carbons (Fsp3) is 0.375. The molecule has 11 heavy (non-hydrogen) atoms. The van der Waals surface area contributed by atoms with E-state index in [1.54, 1.807) is 18.3 Å². The minimum absolute atomic E-state index is 0.270. The predicted molar refractivity (Wildman–Crippen MR) is 44.8 cm³/mol. The zero-order valence-corrected chi connectivity index (χ0v) is 7.10. The van der Waals surface area contributed by atoms with Gasteiger partial charge in [-0.1, -0.05) is 13.0 Å². The third kappa shape index (κ3) is 2.35. The average molecular weight is 170 g/mol. The second-order valence-electron chi connectivity index (χ2n) is 2.52. The Bertz CT molecular complexity index is 228. The normalized spacial score (nSPS) is 12.8. The van der Waals surface area contributed by atoms with Crippen LogP contribution in [0.15, 0.2) is 17.5 Å². The van der Waals surface area contributed by atoms with Gasteiger partial charge in [-0.05, 0) is 17.9 Å². The van der Waals surface area contributed by atoms with E-state index in [2.05, 4.69) is 0 Å². The van der Waals surface area contributed by atoms with Crippen molar-refractivity contribution >= 4 is 17.3 Å². The summed E-state index contributed by atoms with van der Waals surface area (Å²) in [7, 11) is 0. The van der Waals surface area contributed by atoms with Gasteiger partial charge in [0.2, 0.25) is 0 Å². The van der Waals surface area contributed by atoms with Crippen LogP contribution in [0, 0.1) is 5.92 Å². The van der Waals surface area contributed by atoms with Gasteiger partial charge < -0.3 is 5.11 Å². The second kappa shape index (κ2) is 3.53. The standard InChI is InChI=1S/C8H10O2S/c1-6(8(9)10)5-7-3-2-4-11-7/h2-4,6H,5H2,1H3,(H,9,10)/t6-/m1/s1. The number of hydrogen-bond donors (Lipinski definition) is 1. The smallest absolute Gasteiger partial charge is 0.306 e. The number of rotatable bonds is 3. The van der Waals surface area contributed by atoms with Crippen LogP contribution in [0.25, 0.3) is 0 Å². The lowest BCUT2D eigenvalue weighted by Crippen LogP contribution is -2.11. The van der Waals surface area contributed by atoms with Gasteiger partial charge in [0.25, 0.3) is 0 Å². The highest BCUT2D eigenvalue weighted by Crippen LogP contribution is 2.13. The number of carboxylic acid groups (broad SMARTS) is 1. The third-order valence-corrected chi connectivity index (χ3v) is 2.41. The van der Waals surface area contributed by atoms with Crippen molar-refractivity contribution < 1.29 is 9.90 Å². The Kier molecular flexibility index (Phi) is 2.65. The molecule has 0 aliphatic heterocycles. The van der Waals surface area contributed by atoms with Crippen molar-refractivity contribution in [2.75, 3.05) is 0 Å². The highest BCUT2D eigenvalue weighted by Gasteiger charge is 2.11. The van der Waals surface area contributed by atoms with Crippen LogP contribution in [-0.2, 0) is 11.2 Å². The van der Waals surface area contributed by atoms with Gasteiger partial charge in [0.15, 0.2) is 0 Å². The quantitative estimate of drug-likeness (QED) is 0.753. The number of carbonyl (C=O) groups is 1. The Balaban J connectivity index is 2.50. The first-order valence-electron chi connectivity index (χ1n) is 3.45. The van der Waals surface area contributed by atoms with E-state index < -0.39 is 5.97 Å². The molecule has 1 aromatic rings. The summed E-state index contributed by atoms with van der Waals surface area (Å²) in [6.07, 6.45) is 0.646. The molecule has 0 saturated heterocycles. The third-order valence-electron chi connectivity index (χ3n) is 1.51. The van der Waals surface area contributed by atoms with Crippen LogP contribution in [0.1, 0.15) is 11.8 Å². The summed E-state index contributed by atoms with van der Waals surface area (Å²) >= 11 is 1.61. The van der Waals surface area contributed by atoms with Crippen LogP contribution in [0.4, 0.5) is 0 Å². The van der Waals surface area contributed by atoms with Gasteiger partial charge >= 0.3 is 5.97 Å². The maximum Gasteiger partial charge on any atom is 0.306 e. The molecular weight excluding hydrogens is 160 g/mol. The Morgan fingerprint density at radius 3 is 3.00 bits per heavy atom. The van der Waals surface area contributed by atoms with Gasteiger partial charge in [-0.25, -0.2) is 0 Å². The van der Waals surface area contributed by atoms with Crippen molar-refractivity contribution in [1.29, 1.82) is 0 Å². The second-order valence-corrected chi connectivity index (χ2v) is 3.56. The minimum Gasteiger partial charge on any atom is -0.481 e. The first-order valence-corrected chi connectivity index (χ1v) is 4.33. The van der Waals surface area contributed by atoms with Crippen LogP contribution in [0.5, 0.6) is 0 Å². The van der Waals surface area contributed by atoms with Crippen molar-refractivity contribution in [2.45, 2.75) is 13.3 Å². The largest absolute Gasteiger partial charge is 0.481 e. The van der Waals surface area contributed by atoms with Gasteiger partial charge in [-0.15, -0.1) is 11.3 Å². The molecule has 1 atom stereocenters. The van der Waals surface area contributed by atoms with E-state index in [-0.39, 0.29) is 5.92 Å². The Morgan fingerprint density at radius 2 is 2.55 bits per heavy atom. The maximum atomic E-state index is 10.4. The molecule has 1 aromatic heterocycles. The molecule has 0 bridgehead atoms. The van der Waals surface area contributed by atoms with E-state index in [1.165, 1.54) is 0 Å². The van der Waals surface area contributed by atoms with Gasteiger partial charge in [0.05, 0.1) is 5.92 Å². The molecule has 60 valence electrons. The molecule has 0 amide bonds. The molecule has 0 unspecified atom stereocenters. The summed E-state index contributed by atoms with van der Waals surface area (Å²) in [5.41, 5.74) is 0. The van der Waals surface area contributed by atoms with Crippen LogP contribution in [0.3, 0.4) is 0 Å². The molecule has 0 aliphatic rings. The van der Waals surface area contributed by atoms with Crippen molar-refractivity contribution in [1.82, 2.24) is 0 Å². The first-order chi connectivity index (χ1) is 5.20. The summed E-state index contributed by atoms with van der Waals surface area (Å²) in [6, 6.07) is 3.90. The monoisotopic (exact) mass is 170 g/mol. The zero-order valence-electron chi connectivity index (χ0n) is 6.28. The summed E-state index contributed by atoms with van der Waals surface area (Å²) in [6.45, 7) is 1.72. The van der Waals surface area contributed by atoms with Crippen molar-refractivity contribution in [3.05, 3.63) is 22.4 Å². The topological polar surface area (TPSA) is 37.3 Å². The van der Waals surface area contributed by atoms with Gasteiger partial charge in [-0.3, -0.25) is 4.79 Å². The molecule has 0 fully saturated rings. The molecular formula is C8H10O2S. The molecule has 1 heterocycles. The van der Waals surface area contributed by atoms with E-state index in [4.69, 9.17) is 5.11 Å². The molecule has 0 radical (unpaired) electrons. The first kappa shape index (κ1) is 8.27. The van der Waals surface area contributed by atoms with E-state index in [9.17, 15) is 4.79 Å². The van der Waals surface area contributed by atoms with Gasteiger partial charge in [-0.2, -0.15) is 0 Å². The average Bonchev–Trinajstić information content (AvgIpc) is 2.39. The lowest BCUT2D eigenvalue weighted by atomic mass is 10.1. The lowest BCUT2D eigenvalue weighted by molar-refractivity contribution is -0.141. The van der Waals surface area contributed by atoms with Gasteiger partial charge in [0, 0.05) is 4.88 Å². The number of hydrogen-bond acceptors (Lipinski definition) is 2. The van der Waals surface area contributed by atoms with E-state index in [0.29, 0.717) is 6.42 Å². The Labute approximate surface area is 69.5 Å². The number of aliphatic carboxylic acids is 1. The van der Waals surface area contributed by atoms with Crippen LogP contribution in [0.2, 0.25) is 0 Å². The highest BCUT2D eigenvalue weighted by molar-refractivity contribution is 7.09. The Morgan fingerprint density at radius 1 is 1.82 bits per heavy atom. The van der Waals surface area contributed by atoms with Gasteiger partial charge in [0.1, 0.15) is 0 Å². The predicted octanol–water partition coefficient (Wildman–Crippen LogP) is 2.01. The van der Waals surface area contributed by atoms with E-state index in [1.807, 2.05) is 17.5 Å². The maximum absolute atomic E-state index is 10.4. The highest BCUT2D eigenvalue weighted by atomic mass is 32.1. The van der Waals surface area contributed by atoms with E-state index >= 15 is 0 Å². The molecule has 0 spiro atoms. The van der Waals surface area contributed by atoms with Crippen LogP contribution in [-0.4, -0.2) is 11.1 Å². The number of carboxylic acids is 1. The summed E-state index contributed by atoms with van der Waals surface area (Å²) in [4.78, 5) is 11.6. The fourth-order valence-corrected chi connectivity index (χ4v) is 1.65. The lowest BCUT2D eigenvalue weighted by Gasteiger charge is -2.01. The van der Waals surface area contributed by atoms with Crippen molar-refractivity contribution in [2.24, 2.45) is 5.92 Å². The summed E-state index contributed by atoms with van der Waals surface area (Å²) in [5.74, 6) is -0.993. The summed E-state index contributed by atoms with van der Waals surface area (Å²) in [5, 5.41) is 10.5. The molecule has 0 aromatic carbocycles. The molecule has 3 heteroatoms. The molecule has 1 N–H and O–H groups in total. The number of thiophene rings is 1. The van der Waals surface area contributed by atoms with Crippen LogP contribution < -0.4 is 0 Å². The molecule has 1 rings (SSSR count). The van der Waals surface area contributed by atoms with Crippen molar-refractivity contribution in [3.8, 4) is 0 Å². The van der Waals surface area contributed by atoms with Crippen LogP contribution >= 0.6 is 11.3 Å². The molecule has 0 aliphatic carbocycles. The Hall–Kier alpha value is -0.830. The van der Waals surface area contributed by atoms with Crippen molar-refractivity contribution in [3.63, 3.8) is 0 Å².